The highest BCUT2D eigenvalue weighted by Gasteiger charge is 2.10. The first-order valence-electron chi connectivity index (χ1n) is 2.83. The van der Waals surface area contributed by atoms with Crippen LogP contribution in [0.5, 0.6) is 0 Å². The van der Waals surface area contributed by atoms with Gasteiger partial charge in [0.2, 0.25) is 0 Å². The Morgan fingerprint density at radius 1 is 1.82 bits per heavy atom. The second kappa shape index (κ2) is 5.19. The largest absolute Gasteiger partial charge is 0.305 e. The third kappa shape index (κ3) is 3.88. The van der Waals surface area contributed by atoms with Gasteiger partial charge in [-0.1, -0.05) is 10.3 Å². The van der Waals surface area contributed by atoms with Crippen molar-refractivity contribution in [2.24, 2.45) is 21.3 Å². The molecule has 7 heteroatoms. The molecule has 11 heavy (non-hydrogen) atoms. The molecule has 0 radical (unpaired) electrons. The summed E-state index contributed by atoms with van der Waals surface area (Å²) in [5.41, 5.74) is 7.91. The van der Waals surface area contributed by atoms with Crippen LogP contribution >= 0.6 is 0 Å². The summed E-state index contributed by atoms with van der Waals surface area (Å²) in [6, 6.07) is -0.740. The van der Waals surface area contributed by atoms with E-state index in [4.69, 9.17) is 11.4 Å². The number of hydrogen-bond acceptors (Lipinski definition) is 4. The number of rotatable bonds is 4. The van der Waals surface area contributed by atoms with Gasteiger partial charge >= 0.3 is 0 Å². The monoisotopic (exact) mass is 156 g/mol. The molecule has 0 rings (SSSR count). The van der Waals surface area contributed by atoms with Crippen LogP contribution in [0.4, 0.5) is 0 Å². The lowest BCUT2D eigenvalue weighted by molar-refractivity contribution is -0.118. The highest BCUT2D eigenvalue weighted by atomic mass is 16.1. The van der Waals surface area contributed by atoms with E-state index in [1.165, 1.54) is 6.92 Å². The van der Waals surface area contributed by atoms with Crippen LogP contribution in [0, 0.1) is 0 Å². The Labute approximate surface area is 62.9 Å². The summed E-state index contributed by atoms with van der Waals surface area (Å²) in [6.07, 6.45) is 0. The minimum Gasteiger partial charge on any atom is -0.305 e. The number of carbonyl (C=O) groups excluding carboxylic acids is 1. The Morgan fingerprint density at radius 2 is 2.45 bits per heavy atom. The van der Waals surface area contributed by atoms with Gasteiger partial charge in [-0.3, -0.25) is 4.79 Å². The van der Waals surface area contributed by atoms with Crippen molar-refractivity contribution in [3.63, 3.8) is 0 Å². The maximum Gasteiger partial charge on any atom is 0.156 e. The van der Waals surface area contributed by atoms with Gasteiger partial charge in [-0.2, -0.15) is 5.11 Å². The number of hydrogen-bond donors (Lipinski definition) is 1. The van der Waals surface area contributed by atoms with Crippen LogP contribution in [-0.4, -0.2) is 18.4 Å². The number of Topliss-reactive ketones (excluding diaryl/α,β-unsaturated/α-hetero) is 1. The molecule has 0 saturated heterocycles. The van der Waals surface area contributed by atoms with Gasteiger partial charge in [-0.05, 0) is 12.5 Å². The van der Waals surface area contributed by atoms with E-state index in [2.05, 4.69) is 20.4 Å². The van der Waals surface area contributed by atoms with Gasteiger partial charge in [0.15, 0.2) is 5.78 Å². The molecule has 0 aromatic carbocycles. The van der Waals surface area contributed by atoms with E-state index in [-0.39, 0.29) is 12.3 Å². The summed E-state index contributed by atoms with van der Waals surface area (Å²) in [7, 11) is 0. The minimum atomic E-state index is -0.740. The molecule has 0 aliphatic heterocycles. The molecule has 1 atom stereocenters. The fraction of sp³-hybridized carbons (Fsp3) is 0.750. The molecular weight excluding hydrogens is 148 g/mol. The molecule has 0 aliphatic carbocycles. The van der Waals surface area contributed by atoms with Crippen molar-refractivity contribution in [3.8, 4) is 0 Å². The zero-order chi connectivity index (χ0) is 8.69. The van der Waals surface area contributed by atoms with Crippen molar-refractivity contribution in [2.45, 2.75) is 13.0 Å². The average Bonchev–Trinajstić information content (AvgIpc) is 1.97. The van der Waals surface area contributed by atoms with Crippen molar-refractivity contribution in [2.75, 3.05) is 6.54 Å². The van der Waals surface area contributed by atoms with Gasteiger partial charge in [-0.25, -0.2) is 0 Å². The summed E-state index contributed by atoms with van der Waals surface area (Å²) in [5.74, 6) is 4.48. The van der Waals surface area contributed by atoms with E-state index in [0.717, 1.165) is 0 Å². The molecule has 2 N–H and O–H groups in total. The van der Waals surface area contributed by atoms with E-state index < -0.39 is 6.04 Å². The lowest BCUT2D eigenvalue weighted by atomic mass is 10.2. The SMILES string of the molecule is CC(=O)[C@H](CN=[N+]=[N-])N=NN. The van der Waals surface area contributed by atoms with Crippen molar-refractivity contribution in [1.29, 1.82) is 0 Å². The molecule has 0 aliphatic rings. The lowest BCUT2D eigenvalue weighted by Gasteiger charge is -1.99. The van der Waals surface area contributed by atoms with Gasteiger partial charge in [-0.15, -0.1) is 0 Å². The Morgan fingerprint density at radius 3 is 2.82 bits per heavy atom. The molecule has 0 aromatic heterocycles. The molecule has 0 heterocycles. The molecule has 0 fully saturated rings. The first kappa shape index (κ1) is 9.38. The fourth-order valence-electron chi connectivity index (χ4n) is 0.441. The van der Waals surface area contributed by atoms with E-state index in [9.17, 15) is 4.79 Å². The molecule has 0 spiro atoms. The highest BCUT2D eigenvalue weighted by molar-refractivity contribution is 5.81. The number of nitrogens with two attached hydrogens (primary N) is 1. The minimum absolute atomic E-state index is 0.0352. The van der Waals surface area contributed by atoms with E-state index in [1.807, 2.05) is 0 Å². The summed E-state index contributed by atoms with van der Waals surface area (Å²) in [4.78, 5) is 13.1. The van der Waals surface area contributed by atoms with Crippen LogP contribution in [0.2, 0.25) is 0 Å². The smallest absolute Gasteiger partial charge is 0.156 e. The maximum absolute atomic E-state index is 10.6. The Kier molecular flexibility index (Phi) is 4.42. The van der Waals surface area contributed by atoms with Crippen molar-refractivity contribution in [1.82, 2.24) is 0 Å². The third-order valence-electron chi connectivity index (χ3n) is 0.993. The van der Waals surface area contributed by atoms with E-state index >= 15 is 0 Å². The van der Waals surface area contributed by atoms with Crippen LogP contribution in [0.3, 0.4) is 0 Å². The average molecular weight is 156 g/mol. The van der Waals surface area contributed by atoms with Crippen LogP contribution in [0.1, 0.15) is 6.92 Å². The lowest BCUT2D eigenvalue weighted by Crippen LogP contribution is -2.18. The van der Waals surface area contributed by atoms with Crippen LogP contribution < -0.4 is 5.84 Å². The van der Waals surface area contributed by atoms with Gasteiger partial charge in [0.1, 0.15) is 6.04 Å². The summed E-state index contributed by atoms with van der Waals surface area (Å²) in [6.45, 7) is 1.29. The molecule has 0 bridgehead atoms. The third-order valence-corrected chi connectivity index (χ3v) is 0.993. The number of ketones is 1. The van der Waals surface area contributed by atoms with E-state index in [1.54, 1.807) is 0 Å². The van der Waals surface area contributed by atoms with Gasteiger partial charge in [0, 0.05) is 4.91 Å². The van der Waals surface area contributed by atoms with Crippen molar-refractivity contribution in [3.05, 3.63) is 10.4 Å². The quantitative estimate of drug-likeness (QED) is 0.211. The van der Waals surface area contributed by atoms with Crippen LogP contribution in [0.15, 0.2) is 15.5 Å². The van der Waals surface area contributed by atoms with Gasteiger partial charge in [0.05, 0.1) is 6.54 Å². The van der Waals surface area contributed by atoms with Gasteiger partial charge < -0.3 is 5.84 Å². The summed E-state index contributed by atoms with van der Waals surface area (Å²) < 4.78 is 0. The molecule has 0 unspecified atom stereocenters. The first-order valence-corrected chi connectivity index (χ1v) is 2.83. The van der Waals surface area contributed by atoms with Gasteiger partial charge in [0.25, 0.3) is 0 Å². The maximum atomic E-state index is 10.6. The number of carbonyl (C=O) groups is 1. The second-order valence-electron chi connectivity index (χ2n) is 1.77. The van der Waals surface area contributed by atoms with Crippen molar-refractivity contribution < 1.29 is 4.79 Å². The predicted octanol–water partition coefficient (Wildman–Crippen LogP) is 0.580. The normalized spacial score (nSPS) is 12.5. The molecule has 0 saturated carbocycles. The zero-order valence-corrected chi connectivity index (χ0v) is 6.01. The molecular formula is C4H8N6O. The van der Waals surface area contributed by atoms with Crippen LogP contribution in [0.25, 0.3) is 10.4 Å². The number of azide groups is 1. The Balaban J connectivity index is 4.10. The van der Waals surface area contributed by atoms with Crippen LogP contribution in [-0.2, 0) is 4.79 Å². The summed E-state index contributed by atoms with van der Waals surface area (Å²) in [5, 5.41) is 9.44. The standard InChI is InChI=1S/C4H8N6O/c1-3(11)4(8-10-6)2-7-9-5/h4H,2H2,1H3,(H2,6,8)/t4-/m0/s1. The van der Waals surface area contributed by atoms with E-state index in [0.29, 0.717) is 0 Å². The fourth-order valence-corrected chi connectivity index (χ4v) is 0.441. The Hall–Kier alpha value is -1.62. The highest BCUT2D eigenvalue weighted by Crippen LogP contribution is 1.94. The molecule has 60 valence electrons. The molecule has 0 aromatic rings. The molecule has 7 nitrogen and oxygen atoms in total. The zero-order valence-electron chi connectivity index (χ0n) is 6.01. The number of nitrogens with zero attached hydrogens (tertiary/aromatic N) is 5. The first-order chi connectivity index (χ1) is 5.22. The summed E-state index contributed by atoms with van der Waals surface area (Å²) >= 11 is 0. The topological polar surface area (TPSA) is 117 Å². The Bertz CT molecular complexity index is 205. The second-order valence-corrected chi connectivity index (χ2v) is 1.77. The molecule has 0 amide bonds. The predicted molar refractivity (Wildman–Crippen MR) is 37.5 cm³/mol. The van der Waals surface area contributed by atoms with Crippen molar-refractivity contribution >= 4 is 5.78 Å².